The van der Waals surface area contributed by atoms with E-state index in [1.807, 2.05) is 6.92 Å². The summed E-state index contributed by atoms with van der Waals surface area (Å²) in [5, 5.41) is 13.2. The summed E-state index contributed by atoms with van der Waals surface area (Å²) in [6.45, 7) is 1.87. The molecule has 2 heterocycles. The number of nitrogens with zero attached hydrogens (tertiary/aromatic N) is 4. The third kappa shape index (κ3) is 5.06. The molecule has 214 valence electrons. The summed E-state index contributed by atoms with van der Waals surface area (Å²) < 4.78 is 36.1. The average molecular weight is 598 g/mol. The first-order chi connectivity index (χ1) is 20.6. The van der Waals surface area contributed by atoms with Crippen LogP contribution in [-0.2, 0) is 10.0 Å². The predicted molar refractivity (Wildman–Crippen MR) is 156 cm³/mol. The van der Waals surface area contributed by atoms with Gasteiger partial charge in [-0.1, -0.05) is 29.8 Å². The smallest absolute Gasteiger partial charge is 0.281 e. The number of nitrogens with one attached hydrogen (secondary N) is 2. The number of sulfonamides is 1. The van der Waals surface area contributed by atoms with Gasteiger partial charge in [-0.3, -0.25) is 28.7 Å². The second-order valence-electron chi connectivity index (χ2n) is 9.51. The fourth-order valence-electron chi connectivity index (χ4n) is 4.54. The Kier molecular flexibility index (Phi) is 6.66. The Balaban J connectivity index is 1.39. The number of anilines is 1. The van der Waals surface area contributed by atoms with E-state index in [1.54, 1.807) is 48.5 Å². The van der Waals surface area contributed by atoms with Gasteiger partial charge < -0.3 is 0 Å². The maximum Gasteiger partial charge on any atom is 0.449 e. The number of aryl methyl sites for hydroxylation is 1. The molecule has 0 unspecified atom stereocenters. The SMILES string of the molecule is Cc1ccc(-[n+]2[nH]oc(=O)c2S(=O)(=O)Nc2ccc(-n3c(-c4ccc([N+](=O)[O-])cc4)nc4ccccc4c3=O)cc2)cc1. The number of aromatic nitrogens is 4. The topological polar surface area (TPSA) is 174 Å². The average Bonchev–Trinajstić information content (AvgIpc) is 3.40. The zero-order valence-electron chi connectivity index (χ0n) is 22.3. The van der Waals surface area contributed by atoms with Gasteiger partial charge >= 0.3 is 20.7 Å². The van der Waals surface area contributed by atoms with Crippen molar-refractivity contribution >= 4 is 32.3 Å². The van der Waals surface area contributed by atoms with E-state index < -0.39 is 31.2 Å². The molecule has 0 aliphatic heterocycles. The fraction of sp³-hybridized carbons (Fsp3) is 0.0345. The van der Waals surface area contributed by atoms with Crippen LogP contribution in [0.5, 0.6) is 0 Å². The highest BCUT2D eigenvalue weighted by Crippen LogP contribution is 2.25. The molecule has 0 spiro atoms. The van der Waals surface area contributed by atoms with Crippen LogP contribution >= 0.6 is 0 Å². The number of H-pyrrole nitrogens is 1. The van der Waals surface area contributed by atoms with Crippen LogP contribution in [-0.4, -0.2) is 28.2 Å². The number of para-hydroxylation sites is 1. The summed E-state index contributed by atoms with van der Waals surface area (Å²) in [4.78, 5) is 41.3. The lowest BCUT2D eigenvalue weighted by Crippen LogP contribution is -2.42. The van der Waals surface area contributed by atoms with Crippen molar-refractivity contribution in [2.45, 2.75) is 11.9 Å². The molecular weight excluding hydrogens is 576 g/mol. The molecule has 0 fully saturated rings. The number of nitro benzene ring substituents is 1. The second-order valence-corrected chi connectivity index (χ2v) is 11.1. The molecule has 0 aliphatic rings. The van der Waals surface area contributed by atoms with Gasteiger partial charge in [-0.2, -0.15) is 8.42 Å². The second kappa shape index (κ2) is 10.5. The van der Waals surface area contributed by atoms with Gasteiger partial charge in [0.25, 0.3) is 11.2 Å². The van der Waals surface area contributed by atoms with E-state index in [9.17, 15) is 28.1 Å². The van der Waals surface area contributed by atoms with E-state index in [-0.39, 0.29) is 17.2 Å². The van der Waals surface area contributed by atoms with Crippen LogP contribution in [0.2, 0.25) is 0 Å². The zero-order chi connectivity index (χ0) is 30.3. The standard InChI is InChI=1S/C29H20N6O7S/c1-18-6-12-22(13-7-18)34-28(29(37)42-32-34)43(40,41)31-20-10-16-21(17-11-20)33-26(19-8-14-23(15-9-19)35(38)39)30-25-5-3-2-4-24(25)27(33)36/h2-17,31H,1H3/p+1. The minimum atomic E-state index is -4.43. The molecule has 2 N–H and O–H groups in total. The molecule has 0 amide bonds. The molecule has 0 bridgehead atoms. The Hall–Kier alpha value is -5.89. The van der Waals surface area contributed by atoms with Crippen LogP contribution in [0.25, 0.3) is 33.7 Å². The molecule has 0 atom stereocenters. The molecular formula is C29H21N6O7S+. The van der Waals surface area contributed by atoms with Crippen LogP contribution in [0.4, 0.5) is 11.4 Å². The lowest BCUT2D eigenvalue weighted by atomic mass is 10.1. The number of benzene rings is 4. The number of rotatable bonds is 7. The van der Waals surface area contributed by atoms with Crippen LogP contribution in [0.1, 0.15) is 5.56 Å². The minimum absolute atomic E-state index is 0.110. The molecule has 0 aliphatic carbocycles. The molecule has 6 aromatic rings. The monoisotopic (exact) mass is 597 g/mol. The van der Waals surface area contributed by atoms with Gasteiger partial charge in [0.2, 0.25) is 5.69 Å². The molecule has 6 rings (SSSR count). The Bertz CT molecular complexity index is 2240. The summed E-state index contributed by atoms with van der Waals surface area (Å²) in [5.74, 6) is 0.232. The van der Waals surface area contributed by atoms with Crippen molar-refractivity contribution in [3.63, 3.8) is 0 Å². The number of fused-ring (bicyclic) bond motifs is 1. The Morgan fingerprint density at radius 3 is 2.28 bits per heavy atom. The molecule has 43 heavy (non-hydrogen) atoms. The predicted octanol–water partition coefficient (Wildman–Crippen LogP) is 3.63. The maximum absolute atomic E-state index is 13.6. The molecule has 0 radical (unpaired) electrons. The normalized spacial score (nSPS) is 11.5. The first-order valence-electron chi connectivity index (χ1n) is 12.7. The number of aromatic amines is 1. The fourth-order valence-corrected chi connectivity index (χ4v) is 5.72. The summed E-state index contributed by atoms with van der Waals surface area (Å²) in [5.41, 5.74) is 1.07. The summed E-state index contributed by atoms with van der Waals surface area (Å²) in [6, 6.07) is 25.1. The van der Waals surface area contributed by atoms with Crippen molar-refractivity contribution in [2.24, 2.45) is 0 Å². The molecule has 4 aromatic carbocycles. The maximum atomic E-state index is 13.6. The molecule has 13 nitrogen and oxygen atoms in total. The van der Waals surface area contributed by atoms with Gasteiger partial charge in [0.05, 0.1) is 21.5 Å². The summed E-state index contributed by atoms with van der Waals surface area (Å²) >= 11 is 0. The van der Waals surface area contributed by atoms with E-state index in [0.717, 1.165) is 10.2 Å². The van der Waals surface area contributed by atoms with Crippen molar-refractivity contribution in [3.05, 3.63) is 134 Å². The highest BCUT2D eigenvalue weighted by Gasteiger charge is 2.36. The van der Waals surface area contributed by atoms with Crippen LogP contribution < -0.4 is 20.6 Å². The zero-order valence-corrected chi connectivity index (χ0v) is 23.1. The van der Waals surface area contributed by atoms with Crippen molar-refractivity contribution in [3.8, 4) is 22.8 Å². The lowest BCUT2D eigenvalue weighted by molar-refractivity contribution is -0.705. The minimum Gasteiger partial charge on any atom is -0.281 e. The Morgan fingerprint density at radius 1 is 0.930 bits per heavy atom. The largest absolute Gasteiger partial charge is 0.449 e. The third-order valence-electron chi connectivity index (χ3n) is 6.64. The van der Waals surface area contributed by atoms with Gasteiger partial charge in [-0.15, -0.1) is 0 Å². The number of nitro groups is 1. The number of hydrogen-bond acceptors (Lipinski definition) is 8. The molecule has 2 aromatic heterocycles. The number of hydrogen-bond donors (Lipinski definition) is 2. The van der Waals surface area contributed by atoms with Crippen LogP contribution in [0.15, 0.2) is 116 Å². The van der Waals surface area contributed by atoms with Gasteiger partial charge in [0, 0.05) is 35.5 Å². The van der Waals surface area contributed by atoms with Crippen molar-refractivity contribution in [2.75, 3.05) is 4.72 Å². The summed E-state index contributed by atoms with van der Waals surface area (Å²) in [6.07, 6.45) is 0. The van der Waals surface area contributed by atoms with E-state index in [0.29, 0.717) is 27.8 Å². The van der Waals surface area contributed by atoms with E-state index in [2.05, 4.69) is 15.0 Å². The van der Waals surface area contributed by atoms with Gasteiger partial charge in [0.15, 0.2) is 0 Å². The van der Waals surface area contributed by atoms with Crippen molar-refractivity contribution in [1.82, 2.24) is 14.8 Å². The van der Waals surface area contributed by atoms with E-state index >= 15 is 0 Å². The molecule has 0 saturated heterocycles. The first kappa shape index (κ1) is 27.3. The molecule has 0 saturated carbocycles. The summed E-state index contributed by atoms with van der Waals surface area (Å²) in [7, 11) is -4.43. The van der Waals surface area contributed by atoms with Gasteiger partial charge in [-0.25, -0.2) is 9.78 Å². The van der Waals surface area contributed by atoms with Crippen LogP contribution in [0.3, 0.4) is 0 Å². The molecule has 14 heteroatoms. The quantitative estimate of drug-likeness (QED) is 0.159. The van der Waals surface area contributed by atoms with Crippen molar-refractivity contribution < 1.29 is 22.5 Å². The number of non-ortho nitro benzene ring substituents is 1. The lowest BCUT2D eigenvalue weighted by Gasteiger charge is -2.14. The first-order valence-corrected chi connectivity index (χ1v) is 14.2. The van der Waals surface area contributed by atoms with Crippen molar-refractivity contribution in [1.29, 1.82) is 0 Å². The van der Waals surface area contributed by atoms with E-state index in [4.69, 9.17) is 4.52 Å². The van der Waals surface area contributed by atoms with Gasteiger partial charge in [-0.05, 0) is 65.4 Å². The third-order valence-corrected chi connectivity index (χ3v) is 8.01. The highest BCUT2D eigenvalue weighted by molar-refractivity contribution is 7.92. The highest BCUT2D eigenvalue weighted by atomic mass is 32.2. The van der Waals surface area contributed by atoms with Gasteiger partial charge in [0.1, 0.15) is 5.82 Å². The Labute approximate surface area is 242 Å². The Morgan fingerprint density at radius 2 is 1.60 bits per heavy atom. The van der Waals surface area contributed by atoms with E-state index in [1.165, 1.54) is 53.1 Å². The van der Waals surface area contributed by atoms with Crippen LogP contribution in [0, 0.1) is 17.0 Å².